The summed E-state index contributed by atoms with van der Waals surface area (Å²) in [5.74, 6) is 0.0131. The molecule has 2 amide bonds. The van der Waals surface area contributed by atoms with E-state index in [2.05, 4.69) is 15.8 Å². The van der Waals surface area contributed by atoms with Gasteiger partial charge in [-0.1, -0.05) is 12.1 Å². The quantitative estimate of drug-likeness (QED) is 0.317. The molecule has 162 valence electrons. The van der Waals surface area contributed by atoms with Crippen LogP contribution < -0.4 is 15.5 Å². The molecule has 0 atom stereocenters. The van der Waals surface area contributed by atoms with Gasteiger partial charge in [-0.3, -0.25) is 19.7 Å². The molecule has 3 rings (SSSR count). The maximum Gasteiger partial charge on any atom is 0.271 e. The minimum absolute atomic E-state index is 0.0256. The Hall–Kier alpha value is -4.53. The number of hydrogen-bond acceptors (Lipinski definition) is 6. The van der Waals surface area contributed by atoms with Gasteiger partial charge >= 0.3 is 0 Å². The molecule has 3 aromatic carbocycles. The molecule has 0 aliphatic carbocycles. The molecule has 2 N–H and O–H groups in total. The molecular weight excluding hydrogens is 412 g/mol. The molecule has 0 spiro atoms. The van der Waals surface area contributed by atoms with E-state index >= 15 is 0 Å². The molecule has 0 aliphatic heterocycles. The van der Waals surface area contributed by atoms with Gasteiger partial charge in [0.2, 0.25) is 5.91 Å². The van der Waals surface area contributed by atoms with E-state index in [-0.39, 0.29) is 24.1 Å². The number of hydrogen-bond donors (Lipinski definition) is 2. The van der Waals surface area contributed by atoms with Crippen molar-refractivity contribution in [2.75, 3.05) is 5.32 Å². The van der Waals surface area contributed by atoms with Gasteiger partial charge in [-0.2, -0.15) is 5.10 Å². The Bertz CT molecular complexity index is 1140. The number of hydrazone groups is 1. The fourth-order valence-electron chi connectivity index (χ4n) is 2.70. The van der Waals surface area contributed by atoms with E-state index in [1.54, 1.807) is 60.7 Å². The highest BCUT2D eigenvalue weighted by Crippen LogP contribution is 2.16. The first-order valence-electron chi connectivity index (χ1n) is 9.58. The molecule has 0 bridgehead atoms. The van der Waals surface area contributed by atoms with E-state index in [4.69, 9.17) is 4.74 Å². The minimum Gasteiger partial charge on any atom is -0.489 e. The zero-order valence-electron chi connectivity index (χ0n) is 17.1. The summed E-state index contributed by atoms with van der Waals surface area (Å²) in [6.45, 7) is 1.66. The summed E-state index contributed by atoms with van der Waals surface area (Å²) in [7, 11) is 0. The lowest BCUT2D eigenvalue weighted by Crippen LogP contribution is -2.17. The van der Waals surface area contributed by atoms with E-state index in [0.29, 0.717) is 22.6 Å². The third kappa shape index (κ3) is 6.49. The molecule has 0 aromatic heterocycles. The molecular formula is C23H20N4O5. The van der Waals surface area contributed by atoms with Gasteiger partial charge in [0, 0.05) is 30.3 Å². The average molecular weight is 432 g/mol. The monoisotopic (exact) mass is 432 g/mol. The number of carbonyl (C=O) groups excluding carboxylic acids is 2. The van der Waals surface area contributed by atoms with Crippen molar-refractivity contribution in [3.63, 3.8) is 0 Å². The molecule has 0 unspecified atom stereocenters. The average Bonchev–Trinajstić information content (AvgIpc) is 2.78. The van der Waals surface area contributed by atoms with Crippen molar-refractivity contribution in [3.8, 4) is 5.75 Å². The molecule has 0 heterocycles. The topological polar surface area (TPSA) is 123 Å². The van der Waals surface area contributed by atoms with Crippen LogP contribution >= 0.6 is 0 Å². The van der Waals surface area contributed by atoms with Crippen LogP contribution in [-0.4, -0.2) is 23.0 Å². The van der Waals surface area contributed by atoms with Crippen molar-refractivity contribution in [2.24, 2.45) is 5.10 Å². The Labute approximate surface area is 183 Å². The minimum atomic E-state index is -0.451. The summed E-state index contributed by atoms with van der Waals surface area (Å²) in [5, 5.41) is 17.3. The lowest BCUT2D eigenvalue weighted by molar-refractivity contribution is -0.384. The van der Waals surface area contributed by atoms with Crippen LogP contribution in [0.3, 0.4) is 0 Å². The van der Waals surface area contributed by atoms with Gasteiger partial charge in [-0.05, 0) is 59.7 Å². The number of ether oxygens (including phenoxy) is 1. The van der Waals surface area contributed by atoms with E-state index in [0.717, 1.165) is 5.56 Å². The van der Waals surface area contributed by atoms with Gasteiger partial charge in [0.25, 0.3) is 11.6 Å². The fraction of sp³-hybridized carbons (Fsp3) is 0.0870. The van der Waals surface area contributed by atoms with Crippen LogP contribution in [0.25, 0.3) is 0 Å². The second-order valence-corrected chi connectivity index (χ2v) is 6.74. The van der Waals surface area contributed by atoms with Gasteiger partial charge in [-0.15, -0.1) is 0 Å². The number of anilines is 1. The molecule has 9 nitrogen and oxygen atoms in total. The number of non-ortho nitro benzene ring substituents is 1. The van der Waals surface area contributed by atoms with Crippen LogP contribution in [-0.2, 0) is 11.4 Å². The van der Waals surface area contributed by atoms with Crippen LogP contribution in [0, 0.1) is 10.1 Å². The Balaban J connectivity index is 1.54. The number of benzene rings is 3. The van der Waals surface area contributed by atoms with E-state index in [1.165, 1.54) is 25.3 Å². The zero-order chi connectivity index (χ0) is 22.9. The highest BCUT2D eigenvalue weighted by molar-refractivity contribution is 5.96. The maximum atomic E-state index is 12.2. The van der Waals surface area contributed by atoms with E-state index in [9.17, 15) is 19.7 Å². The van der Waals surface area contributed by atoms with Crippen molar-refractivity contribution in [3.05, 3.63) is 99.6 Å². The predicted octanol–water partition coefficient (Wildman–Crippen LogP) is 3.90. The second kappa shape index (κ2) is 10.5. The molecule has 3 aromatic rings. The van der Waals surface area contributed by atoms with Crippen molar-refractivity contribution >= 4 is 29.4 Å². The normalized spacial score (nSPS) is 10.5. The van der Waals surface area contributed by atoms with Gasteiger partial charge in [-0.25, -0.2) is 5.43 Å². The van der Waals surface area contributed by atoms with Crippen molar-refractivity contribution in [1.29, 1.82) is 0 Å². The number of carbonyl (C=O) groups is 2. The number of nitrogens with zero attached hydrogens (tertiary/aromatic N) is 2. The summed E-state index contributed by atoms with van der Waals surface area (Å²) in [6, 6.07) is 19.7. The Morgan fingerprint density at radius 2 is 1.78 bits per heavy atom. The molecule has 9 heteroatoms. The first kappa shape index (κ1) is 22.2. The largest absolute Gasteiger partial charge is 0.489 e. The standard InChI is InChI=1S/C23H20N4O5/c1-16(28)25-20-9-7-19(8-10-20)23(29)26-24-14-18-3-2-4-22(13-18)32-15-17-5-11-21(12-6-17)27(30)31/h2-14H,15H2,1H3,(H,25,28)(H,26,29). The van der Waals surface area contributed by atoms with E-state index in [1.807, 2.05) is 0 Å². The molecule has 32 heavy (non-hydrogen) atoms. The van der Waals surface area contributed by atoms with Crippen molar-refractivity contribution in [1.82, 2.24) is 5.43 Å². The van der Waals surface area contributed by atoms with Crippen LogP contribution in [0.5, 0.6) is 5.75 Å². The first-order chi connectivity index (χ1) is 15.4. The molecule has 0 saturated heterocycles. The summed E-state index contributed by atoms with van der Waals surface area (Å²) < 4.78 is 5.72. The second-order valence-electron chi connectivity index (χ2n) is 6.74. The number of amides is 2. The van der Waals surface area contributed by atoms with Crippen molar-refractivity contribution < 1.29 is 19.2 Å². The number of rotatable bonds is 8. The zero-order valence-corrected chi connectivity index (χ0v) is 17.1. The smallest absolute Gasteiger partial charge is 0.271 e. The maximum absolute atomic E-state index is 12.2. The number of nitro groups is 1. The summed E-state index contributed by atoms with van der Waals surface area (Å²) >= 11 is 0. The van der Waals surface area contributed by atoms with Gasteiger partial charge in [0.15, 0.2) is 0 Å². The number of nitro benzene ring substituents is 1. The third-order valence-corrected chi connectivity index (χ3v) is 4.26. The Morgan fingerprint density at radius 1 is 1.06 bits per heavy atom. The van der Waals surface area contributed by atoms with Crippen LogP contribution in [0.4, 0.5) is 11.4 Å². The van der Waals surface area contributed by atoms with Crippen LogP contribution in [0.2, 0.25) is 0 Å². The first-order valence-corrected chi connectivity index (χ1v) is 9.58. The predicted molar refractivity (Wildman–Crippen MR) is 120 cm³/mol. The lowest BCUT2D eigenvalue weighted by Gasteiger charge is -2.07. The highest BCUT2D eigenvalue weighted by Gasteiger charge is 2.06. The third-order valence-electron chi connectivity index (χ3n) is 4.26. The molecule has 0 radical (unpaired) electrons. The van der Waals surface area contributed by atoms with Gasteiger partial charge in [0.05, 0.1) is 11.1 Å². The Kier molecular flexibility index (Phi) is 7.26. The van der Waals surface area contributed by atoms with Crippen LogP contribution in [0.1, 0.15) is 28.4 Å². The lowest BCUT2D eigenvalue weighted by atomic mass is 10.2. The van der Waals surface area contributed by atoms with Crippen molar-refractivity contribution in [2.45, 2.75) is 13.5 Å². The molecule has 0 saturated carbocycles. The number of nitrogens with one attached hydrogen (secondary N) is 2. The Morgan fingerprint density at radius 3 is 2.44 bits per heavy atom. The highest BCUT2D eigenvalue weighted by atomic mass is 16.6. The summed E-state index contributed by atoms with van der Waals surface area (Å²) in [5.41, 5.74) is 4.98. The SMILES string of the molecule is CC(=O)Nc1ccc(C(=O)NN=Cc2cccc(OCc3ccc([N+](=O)[O-])cc3)c2)cc1. The van der Waals surface area contributed by atoms with E-state index < -0.39 is 4.92 Å². The van der Waals surface area contributed by atoms with Crippen LogP contribution in [0.15, 0.2) is 77.9 Å². The van der Waals surface area contributed by atoms with Gasteiger partial charge in [0.1, 0.15) is 12.4 Å². The van der Waals surface area contributed by atoms with Gasteiger partial charge < -0.3 is 10.1 Å². The fourth-order valence-corrected chi connectivity index (χ4v) is 2.70. The molecule has 0 aliphatic rings. The summed E-state index contributed by atoms with van der Waals surface area (Å²) in [6.07, 6.45) is 1.49. The molecule has 0 fully saturated rings. The summed E-state index contributed by atoms with van der Waals surface area (Å²) in [4.78, 5) is 33.5.